The van der Waals surface area contributed by atoms with Gasteiger partial charge in [-0.15, -0.1) is 0 Å². The summed E-state index contributed by atoms with van der Waals surface area (Å²) in [6.07, 6.45) is 0.637. The minimum Gasteiger partial charge on any atom is -0.444 e. The first-order chi connectivity index (χ1) is 11.0. The fourth-order valence-corrected chi connectivity index (χ4v) is 2.47. The van der Waals surface area contributed by atoms with E-state index in [-0.39, 0.29) is 23.9 Å². The zero-order valence-electron chi connectivity index (χ0n) is 12.2. The SMILES string of the molecule is C[C@@H]1CN(Cc2cnc(-c3cccc(F)c3F)c(F)c2)C(=O)O1. The van der Waals surface area contributed by atoms with Crippen LogP contribution in [0.5, 0.6) is 0 Å². The topological polar surface area (TPSA) is 42.4 Å². The molecule has 1 aromatic heterocycles. The Labute approximate surface area is 130 Å². The molecule has 23 heavy (non-hydrogen) atoms. The Morgan fingerprint density at radius 2 is 2.09 bits per heavy atom. The number of ether oxygens (including phenoxy) is 1. The fraction of sp³-hybridized carbons (Fsp3) is 0.250. The number of nitrogens with zero attached hydrogens (tertiary/aromatic N) is 2. The molecule has 0 radical (unpaired) electrons. The van der Waals surface area contributed by atoms with Crippen molar-refractivity contribution in [1.82, 2.24) is 9.88 Å². The molecule has 1 fully saturated rings. The molecule has 1 saturated heterocycles. The Balaban J connectivity index is 1.86. The molecule has 0 saturated carbocycles. The van der Waals surface area contributed by atoms with Gasteiger partial charge in [-0.05, 0) is 30.7 Å². The van der Waals surface area contributed by atoms with Gasteiger partial charge in [-0.2, -0.15) is 0 Å². The van der Waals surface area contributed by atoms with Gasteiger partial charge in [-0.25, -0.2) is 18.0 Å². The molecule has 1 atom stereocenters. The van der Waals surface area contributed by atoms with Crippen molar-refractivity contribution >= 4 is 6.09 Å². The van der Waals surface area contributed by atoms with Crippen molar-refractivity contribution in [3.63, 3.8) is 0 Å². The summed E-state index contributed by atoms with van der Waals surface area (Å²) in [5, 5.41) is 0. The third-order valence-electron chi connectivity index (χ3n) is 3.52. The molecular weight excluding hydrogens is 309 g/mol. The van der Waals surface area contributed by atoms with E-state index in [1.807, 2.05) is 0 Å². The average molecular weight is 322 g/mol. The lowest BCUT2D eigenvalue weighted by Crippen LogP contribution is -2.24. The molecule has 1 aliphatic rings. The molecule has 0 N–H and O–H groups in total. The van der Waals surface area contributed by atoms with Crippen LogP contribution in [0.15, 0.2) is 30.5 Å². The van der Waals surface area contributed by atoms with Crippen LogP contribution in [-0.4, -0.2) is 28.6 Å². The van der Waals surface area contributed by atoms with E-state index < -0.39 is 23.5 Å². The molecule has 7 heteroatoms. The number of carbonyl (C=O) groups excluding carboxylic acids is 1. The molecule has 0 unspecified atom stereocenters. The fourth-order valence-electron chi connectivity index (χ4n) is 2.47. The molecule has 1 aromatic carbocycles. The zero-order valence-corrected chi connectivity index (χ0v) is 12.2. The lowest BCUT2D eigenvalue weighted by atomic mass is 10.1. The Kier molecular flexibility index (Phi) is 3.94. The third kappa shape index (κ3) is 2.99. The van der Waals surface area contributed by atoms with Gasteiger partial charge in [0.25, 0.3) is 0 Å². The van der Waals surface area contributed by atoms with Gasteiger partial charge in [0.15, 0.2) is 11.6 Å². The minimum atomic E-state index is -1.15. The number of benzene rings is 1. The highest BCUT2D eigenvalue weighted by Crippen LogP contribution is 2.26. The van der Waals surface area contributed by atoms with Crippen LogP contribution in [0.2, 0.25) is 0 Å². The minimum absolute atomic E-state index is 0.138. The molecule has 0 bridgehead atoms. The number of pyridine rings is 1. The van der Waals surface area contributed by atoms with Gasteiger partial charge >= 0.3 is 6.09 Å². The molecule has 0 spiro atoms. The van der Waals surface area contributed by atoms with E-state index in [0.29, 0.717) is 12.1 Å². The van der Waals surface area contributed by atoms with Crippen LogP contribution in [0.1, 0.15) is 12.5 Å². The summed E-state index contributed by atoms with van der Waals surface area (Å²) in [7, 11) is 0. The molecular formula is C16H13F3N2O2. The number of hydrogen-bond donors (Lipinski definition) is 0. The number of rotatable bonds is 3. The highest BCUT2D eigenvalue weighted by Gasteiger charge is 2.28. The largest absolute Gasteiger partial charge is 0.444 e. The van der Waals surface area contributed by atoms with Crippen LogP contribution >= 0.6 is 0 Å². The quantitative estimate of drug-likeness (QED) is 0.868. The van der Waals surface area contributed by atoms with E-state index in [2.05, 4.69) is 4.98 Å². The highest BCUT2D eigenvalue weighted by molar-refractivity contribution is 5.70. The lowest BCUT2D eigenvalue weighted by molar-refractivity contribution is 0.137. The van der Waals surface area contributed by atoms with E-state index in [1.54, 1.807) is 6.92 Å². The maximum absolute atomic E-state index is 14.2. The van der Waals surface area contributed by atoms with Crippen LogP contribution in [0.3, 0.4) is 0 Å². The van der Waals surface area contributed by atoms with Gasteiger partial charge in [0, 0.05) is 11.8 Å². The molecule has 2 aromatic rings. The predicted molar refractivity (Wildman–Crippen MR) is 75.9 cm³/mol. The van der Waals surface area contributed by atoms with Crippen molar-refractivity contribution in [3.05, 3.63) is 53.5 Å². The molecule has 2 heterocycles. The van der Waals surface area contributed by atoms with Crippen molar-refractivity contribution in [1.29, 1.82) is 0 Å². The molecule has 0 aliphatic carbocycles. The third-order valence-corrected chi connectivity index (χ3v) is 3.52. The Hall–Kier alpha value is -2.57. The second-order valence-electron chi connectivity index (χ2n) is 5.35. The van der Waals surface area contributed by atoms with Crippen LogP contribution in [-0.2, 0) is 11.3 Å². The van der Waals surface area contributed by atoms with Crippen LogP contribution in [0.25, 0.3) is 11.3 Å². The Bertz CT molecular complexity index is 767. The second kappa shape index (κ2) is 5.91. The summed E-state index contributed by atoms with van der Waals surface area (Å²) in [4.78, 5) is 16.8. The molecule has 1 aliphatic heterocycles. The maximum Gasteiger partial charge on any atom is 0.410 e. The Morgan fingerprint density at radius 3 is 2.74 bits per heavy atom. The van der Waals surface area contributed by atoms with Gasteiger partial charge < -0.3 is 9.64 Å². The van der Waals surface area contributed by atoms with Gasteiger partial charge in [0.05, 0.1) is 13.1 Å². The maximum atomic E-state index is 14.2. The summed E-state index contributed by atoms with van der Waals surface area (Å²) in [6, 6.07) is 4.64. The number of aromatic nitrogens is 1. The first-order valence-electron chi connectivity index (χ1n) is 7.00. The van der Waals surface area contributed by atoms with Crippen molar-refractivity contribution in [3.8, 4) is 11.3 Å². The standard InChI is InChI=1S/C16H13F3N2O2/c1-9-7-21(16(22)23-9)8-10-5-13(18)15(20-6-10)11-3-2-4-12(17)14(11)19/h2-6,9H,7-8H2,1H3/t9-/m1/s1. The monoisotopic (exact) mass is 322 g/mol. The highest BCUT2D eigenvalue weighted by atomic mass is 19.2. The van der Waals surface area contributed by atoms with Gasteiger partial charge in [-0.1, -0.05) is 6.07 Å². The van der Waals surface area contributed by atoms with Crippen molar-refractivity contribution in [2.45, 2.75) is 19.6 Å². The molecule has 120 valence electrons. The molecule has 4 nitrogen and oxygen atoms in total. The summed E-state index contributed by atoms with van der Waals surface area (Å²) in [6.45, 7) is 2.30. The Morgan fingerprint density at radius 1 is 1.30 bits per heavy atom. The van der Waals surface area contributed by atoms with Crippen LogP contribution in [0.4, 0.5) is 18.0 Å². The molecule has 3 rings (SSSR count). The normalized spacial score (nSPS) is 17.5. The van der Waals surface area contributed by atoms with E-state index >= 15 is 0 Å². The summed E-state index contributed by atoms with van der Waals surface area (Å²) in [5.41, 5.74) is -0.0829. The molecule has 1 amide bonds. The van der Waals surface area contributed by atoms with Gasteiger partial charge in [0.2, 0.25) is 0 Å². The van der Waals surface area contributed by atoms with Crippen LogP contribution in [0, 0.1) is 17.5 Å². The van der Waals surface area contributed by atoms with E-state index in [0.717, 1.165) is 12.1 Å². The van der Waals surface area contributed by atoms with E-state index in [4.69, 9.17) is 4.74 Å². The second-order valence-corrected chi connectivity index (χ2v) is 5.35. The number of halogens is 3. The van der Waals surface area contributed by atoms with E-state index in [1.165, 1.54) is 23.2 Å². The van der Waals surface area contributed by atoms with E-state index in [9.17, 15) is 18.0 Å². The lowest BCUT2D eigenvalue weighted by Gasteiger charge is -2.13. The summed E-state index contributed by atoms with van der Waals surface area (Å²) in [5.74, 6) is -3.00. The van der Waals surface area contributed by atoms with Crippen molar-refractivity contribution in [2.24, 2.45) is 0 Å². The smallest absolute Gasteiger partial charge is 0.410 e. The zero-order chi connectivity index (χ0) is 16.6. The van der Waals surface area contributed by atoms with Crippen molar-refractivity contribution in [2.75, 3.05) is 6.54 Å². The summed E-state index contributed by atoms with van der Waals surface area (Å²) < 4.78 is 46.2. The van der Waals surface area contributed by atoms with Gasteiger partial charge in [0.1, 0.15) is 17.6 Å². The number of cyclic esters (lactones) is 1. The number of amides is 1. The first kappa shape index (κ1) is 15.3. The predicted octanol–water partition coefficient (Wildman–Crippen LogP) is 3.51. The van der Waals surface area contributed by atoms with Crippen molar-refractivity contribution < 1.29 is 22.7 Å². The number of carbonyl (C=O) groups is 1. The first-order valence-corrected chi connectivity index (χ1v) is 7.00. The summed E-state index contributed by atoms with van der Waals surface area (Å²) >= 11 is 0. The van der Waals surface area contributed by atoms with Gasteiger partial charge in [-0.3, -0.25) is 4.98 Å². The number of hydrogen-bond acceptors (Lipinski definition) is 3. The van der Waals surface area contributed by atoms with Crippen LogP contribution < -0.4 is 0 Å². The average Bonchev–Trinajstić information content (AvgIpc) is 2.81.